The summed E-state index contributed by atoms with van der Waals surface area (Å²) in [6, 6.07) is 8.36. The van der Waals surface area contributed by atoms with Crippen molar-refractivity contribution in [2.45, 2.75) is 26.4 Å². The lowest BCUT2D eigenvalue weighted by atomic mass is 10.2. The molecule has 0 aliphatic rings. The average molecular weight is 263 g/mol. The molecule has 0 radical (unpaired) electrons. The molecule has 0 saturated heterocycles. The van der Waals surface area contributed by atoms with Crippen LogP contribution in [0.5, 0.6) is 5.75 Å². The number of hydrogen-bond acceptors (Lipinski definition) is 5. The predicted molar refractivity (Wildman–Crippen MR) is 72.9 cm³/mol. The van der Waals surface area contributed by atoms with Gasteiger partial charge in [-0.1, -0.05) is 22.2 Å². The van der Waals surface area contributed by atoms with E-state index in [9.17, 15) is 0 Å². The molecule has 1 atom stereocenters. The van der Waals surface area contributed by atoms with Gasteiger partial charge in [0.25, 0.3) is 0 Å². The van der Waals surface area contributed by atoms with Crippen LogP contribution in [-0.2, 0) is 6.54 Å². The van der Waals surface area contributed by atoms with Crippen molar-refractivity contribution in [1.82, 2.24) is 14.9 Å². The summed E-state index contributed by atoms with van der Waals surface area (Å²) < 4.78 is 9.52. The van der Waals surface area contributed by atoms with Gasteiger partial charge in [-0.05, 0) is 37.5 Å². The molecule has 0 spiro atoms. The largest absolute Gasteiger partial charge is 0.492 e. The van der Waals surface area contributed by atoms with Crippen LogP contribution < -0.4 is 10.1 Å². The van der Waals surface area contributed by atoms with Crippen LogP contribution in [0.3, 0.4) is 0 Å². The number of ether oxygens (including phenoxy) is 1. The second-order valence-electron chi connectivity index (χ2n) is 4.30. The third-order valence-electron chi connectivity index (χ3n) is 2.56. The zero-order valence-corrected chi connectivity index (χ0v) is 11.4. The van der Waals surface area contributed by atoms with E-state index in [1.54, 1.807) is 0 Å². The number of nitrogens with zero attached hydrogens (tertiary/aromatic N) is 2. The Morgan fingerprint density at radius 3 is 2.78 bits per heavy atom. The highest BCUT2D eigenvalue weighted by atomic mass is 32.1. The number of rotatable bonds is 6. The second-order valence-corrected chi connectivity index (χ2v) is 4.91. The molecule has 2 rings (SSSR count). The Hall–Kier alpha value is -1.46. The normalized spacial score (nSPS) is 12.3. The van der Waals surface area contributed by atoms with Gasteiger partial charge in [-0.3, -0.25) is 0 Å². The van der Waals surface area contributed by atoms with E-state index in [1.807, 2.05) is 29.6 Å². The fourth-order valence-corrected chi connectivity index (χ4v) is 1.91. The molecule has 1 N–H and O–H groups in total. The average Bonchev–Trinajstić information content (AvgIpc) is 2.89. The van der Waals surface area contributed by atoms with Crippen molar-refractivity contribution in [2.24, 2.45) is 0 Å². The van der Waals surface area contributed by atoms with E-state index < -0.39 is 0 Å². The zero-order chi connectivity index (χ0) is 12.8. The molecule has 1 heterocycles. The molecular weight excluding hydrogens is 246 g/mol. The summed E-state index contributed by atoms with van der Waals surface area (Å²) in [4.78, 5) is 0. The number of hydrogen-bond donors (Lipinski definition) is 1. The van der Waals surface area contributed by atoms with Crippen LogP contribution in [0.1, 0.15) is 18.2 Å². The third-order valence-corrected chi connectivity index (χ3v) is 3.11. The van der Waals surface area contributed by atoms with Gasteiger partial charge in [-0.25, -0.2) is 0 Å². The van der Waals surface area contributed by atoms with Crippen LogP contribution in [0, 0.1) is 6.92 Å². The molecule has 1 aromatic carbocycles. The van der Waals surface area contributed by atoms with Gasteiger partial charge in [0.1, 0.15) is 12.4 Å². The molecule has 4 nitrogen and oxygen atoms in total. The lowest BCUT2D eigenvalue weighted by Crippen LogP contribution is -2.31. The SMILES string of the molecule is Cc1ccc(OCC(C)NCc2csnn2)cc1. The second kappa shape index (κ2) is 6.47. The van der Waals surface area contributed by atoms with E-state index >= 15 is 0 Å². The van der Waals surface area contributed by atoms with Gasteiger partial charge in [0.05, 0.1) is 5.69 Å². The van der Waals surface area contributed by atoms with Crippen molar-refractivity contribution in [2.75, 3.05) is 6.61 Å². The number of benzene rings is 1. The maximum atomic E-state index is 5.70. The highest BCUT2D eigenvalue weighted by molar-refractivity contribution is 7.03. The zero-order valence-electron chi connectivity index (χ0n) is 10.6. The van der Waals surface area contributed by atoms with E-state index in [4.69, 9.17) is 4.74 Å². The lowest BCUT2D eigenvalue weighted by molar-refractivity contribution is 0.272. The van der Waals surface area contributed by atoms with Crippen molar-refractivity contribution < 1.29 is 4.74 Å². The minimum atomic E-state index is 0.271. The molecule has 1 unspecified atom stereocenters. The maximum Gasteiger partial charge on any atom is 0.119 e. The maximum absolute atomic E-state index is 5.70. The van der Waals surface area contributed by atoms with E-state index in [2.05, 4.69) is 28.8 Å². The van der Waals surface area contributed by atoms with Crippen molar-refractivity contribution in [3.63, 3.8) is 0 Å². The quantitative estimate of drug-likeness (QED) is 0.869. The Morgan fingerprint density at radius 1 is 1.33 bits per heavy atom. The minimum absolute atomic E-state index is 0.271. The van der Waals surface area contributed by atoms with Gasteiger partial charge < -0.3 is 10.1 Å². The molecule has 0 aliphatic heterocycles. The lowest BCUT2D eigenvalue weighted by Gasteiger charge is -2.14. The monoisotopic (exact) mass is 263 g/mol. The summed E-state index contributed by atoms with van der Waals surface area (Å²) in [7, 11) is 0. The van der Waals surface area contributed by atoms with Crippen LogP contribution in [-0.4, -0.2) is 22.2 Å². The molecule has 5 heteroatoms. The van der Waals surface area contributed by atoms with Crippen molar-refractivity contribution in [1.29, 1.82) is 0 Å². The van der Waals surface area contributed by atoms with Gasteiger partial charge in [-0.15, -0.1) is 5.10 Å². The molecule has 0 amide bonds. The first-order chi connectivity index (χ1) is 8.74. The van der Waals surface area contributed by atoms with E-state index in [-0.39, 0.29) is 6.04 Å². The van der Waals surface area contributed by atoms with Crippen molar-refractivity contribution >= 4 is 11.5 Å². The fraction of sp³-hybridized carbons (Fsp3) is 0.385. The Bertz CT molecular complexity index is 456. The summed E-state index contributed by atoms with van der Waals surface area (Å²) in [5.74, 6) is 0.907. The summed E-state index contributed by atoms with van der Waals surface area (Å²) >= 11 is 1.37. The molecule has 0 fully saturated rings. The molecular formula is C13H17N3OS. The number of nitrogens with one attached hydrogen (secondary N) is 1. The van der Waals surface area contributed by atoms with Gasteiger partial charge >= 0.3 is 0 Å². The fourth-order valence-electron chi connectivity index (χ4n) is 1.45. The Morgan fingerprint density at radius 2 is 2.11 bits per heavy atom. The van der Waals surface area contributed by atoms with Crippen molar-refractivity contribution in [3.05, 3.63) is 40.9 Å². The predicted octanol–water partition coefficient (Wildman–Crippen LogP) is 2.40. The first-order valence-corrected chi connectivity index (χ1v) is 6.76. The van der Waals surface area contributed by atoms with Crippen LogP contribution in [0.15, 0.2) is 29.6 Å². The molecule has 2 aromatic rings. The van der Waals surface area contributed by atoms with Crippen molar-refractivity contribution in [3.8, 4) is 5.75 Å². The standard InChI is InChI=1S/C13H17N3OS/c1-10-3-5-13(6-4-10)17-8-11(2)14-7-12-9-18-16-15-12/h3-6,9,11,14H,7-8H2,1-2H3. The van der Waals surface area contributed by atoms with Gasteiger partial charge in [-0.2, -0.15) is 0 Å². The molecule has 1 aromatic heterocycles. The van der Waals surface area contributed by atoms with Gasteiger partial charge in [0.2, 0.25) is 0 Å². The minimum Gasteiger partial charge on any atom is -0.492 e. The molecule has 0 bridgehead atoms. The van der Waals surface area contributed by atoms with Crippen LogP contribution in [0.25, 0.3) is 0 Å². The molecule has 0 saturated carbocycles. The van der Waals surface area contributed by atoms with Crippen LogP contribution in [0.4, 0.5) is 0 Å². The summed E-state index contributed by atoms with van der Waals surface area (Å²) in [6.07, 6.45) is 0. The molecule has 0 aliphatic carbocycles. The highest BCUT2D eigenvalue weighted by Gasteiger charge is 2.04. The number of aromatic nitrogens is 2. The first kappa shape index (κ1) is 13.0. The first-order valence-electron chi connectivity index (χ1n) is 5.93. The Balaban J connectivity index is 1.71. The Kier molecular flexibility index (Phi) is 4.66. The molecule has 96 valence electrons. The van der Waals surface area contributed by atoms with Gasteiger partial charge in [0, 0.05) is 18.0 Å². The summed E-state index contributed by atoms with van der Waals surface area (Å²) in [5.41, 5.74) is 2.21. The summed E-state index contributed by atoms with van der Waals surface area (Å²) in [6.45, 7) is 5.53. The van der Waals surface area contributed by atoms with Crippen LogP contribution >= 0.6 is 11.5 Å². The van der Waals surface area contributed by atoms with Gasteiger partial charge in [0.15, 0.2) is 0 Å². The van der Waals surface area contributed by atoms with E-state index in [0.29, 0.717) is 6.61 Å². The third kappa shape index (κ3) is 4.09. The smallest absolute Gasteiger partial charge is 0.119 e. The molecule has 18 heavy (non-hydrogen) atoms. The Labute approximate surface area is 111 Å². The number of aryl methyl sites for hydroxylation is 1. The van der Waals surface area contributed by atoms with E-state index in [0.717, 1.165) is 18.0 Å². The van der Waals surface area contributed by atoms with Crippen LogP contribution in [0.2, 0.25) is 0 Å². The van der Waals surface area contributed by atoms with E-state index in [1.165, 1.54) is 17.1 Å². The topological polar surface area (TPSA) is 47.0 Å². The summed E-state index contributed by atoms with van der Waals surface area (Å²) in [5, 5.41) is 9.27. The highest BCUT2D eigenvalue weighted by Crippen LogP contribution is 2.11.